The van der Waals surface area contributed by atoms with E-state index in [1.54, 1.807) is 6.07 Å². The average molecular weight is 235 g/mol. The Morgan fingerprint density at radius 2 is 2.11 bits per heavy atom. The molecule has 1 N–H and O–H groups in total. The first-order valence-corrected chi connectivity index (χ1v) is 6.08. The summed E-state index contributed by atoms with van der Waals surface area (Å²) in [7, 11) is 0. The number of anilines is 2. The molecule has 0 atom stereocenters. The van der Waals surface area contributed by atoms with Crippen LogP contribution in [0.5, 0.6) is 0 Å². The SMILES string of the molecule is N#Cc1cccc(Nc2ccc(C3CC3)cn2)c1. The van der Waals surface area contributed by atoms with E-state index in [2.05, 4.69) is 22.4 Å². The number of pyridine rings is 1. The van der Waals surface area contributed by atoms with Crippen molar-refractivity contribution in [3.05, 3.63) is 53.7 Å². The summed E-state index contributed by atoms with van der Waals surface area (Å²) in [6.07, 6.45) is 4.52. The van der Waals surface area contributed by atoms with Crippen LogP contribution in [-0.4, -0.2) is 4.98 Å². The molecule has 0 saturated heterocycles. The molecule has 0 aliphatic heterocycles. The highest BCUT2D eigenvalue weighted by molar-refractivity contribution is 5.58. The first-order valence-electron chi connectivity index (χ1n) is 6.08. The van der Waals surface area contributed by atoms with Crippen LogP contribution >= 0.6 is 0 Å². The fourth-order valence-corrected chi connectivity index (χ4v) is 1.95. The Morgan fingerprint density at radius 3 is 2.78 bits per heavy atom. The highest BCUT2D eigenvalue weighted by Gasteiger charge is 2.23. The zero-order valence-corrected chi connectivity index (χ0v) is 9.93. The van der Waals surface area contributed by atoms with E-state index in [0.717, 1.165) is 17.4 Å². The van der Waals surface area contributed by atoms with Gasteiger partial charge in [0.1, 0.15) is 5.82 Å². The van der Waals surface area contributed by atoms with Crippen LogP contribution in [0.1, 0.15) is 29.9 Å². The summed E-state index contributed by atoms with van der Waals surface area (Å²) in [5, 5.41) is 12.0. The molecule has 2 aromatic rings. The molecule has 88 valence electrons. The van der Waals surface area contributed by atoms with Gasteiger partial charge in [0.2, 0.25) is 0 Å². The monoisotopic (exact) mass is 235 g/mol. The summed E-state index contributed by atoms with van der Waals surface area (Å²) in [4.78, 5) is 4.40. The molecular weight excluding hydrogens is 222 g/mol. The van der Waals surface area contributed by atoms with Gasteiger partial charge in [0.25, 0.3) is 0 Å². The number of nitriles is 1. The van der Waals surface area contributed by atoms with Crippen LogP contribution in [0.4, 0.5) is 11.5 Å². The van der Waals surface area contributed by atoms with Gasteiger partial charge in [-0.2, -0.15) is 5.26 Å². The first kappa shape index (κ1) is 10.8. The van der Waals surface area contributed by atoms with Crippen LogP contribution in [0.25, 0.3) is 0 Å². The van der Waals surface area contributed by atoms with E-state index in [1.807, 2.05) is 30.5 Å². The minimum atomic E-state index is 0.648. The highest BCUT2D eigenvalue weighted by atomic mass is 15.0. The second-order valence-corrected chi connectivity index (χ2v) is 4.57. The van der Waals surface area contributed by atoms with Crippen molar-refractivity contribution in [3.63, 3.8) is 0 Å². The summed E-state index contributed by atoms with van der Waals surface area (Å²) in [6.45, 7) is 0. The molecular formula is C15H13N3. The number of nitrogens with zero attached hydrogens (tertiary/aromatic N) is 2. The third kappa shape index (κ3) is 2.33. The smallest absolute Gasteiger partial charge is 0.130 e. The molecule has 0 amide bonds. The van der Waals surface area contributed by atoms with Crippen LogP contribution in [-0.2, 0) is 0 Å². The molecule has 1 fully saturated rings. The summed E-state index contributed by atoms with van der Waals surface area (Å²) in [5.41, 5.74) is 2.86. The Labute approximate surface area is 106 Å². The van der Waals surface area contributed by atoms with Gasteiger partial charge in [0.15, 0.2) is 0 Å². The molecule has 1 aromatic carbocycles. The van der Waals surface area contributed by atoms with Gasteiger partial charge in [-0.3, -0.25) is 0 Å². The summed E-state index contributed by atoms with van der Waals surface area (Å²) >= 11 is 0. The van der Waals surface area contributed by atoms with Crippen molar-refractivity contribution >= 4 is 11.5 Å². The summed E-state index contributed by atoms with van der Waals surface area (Å²) in [6, 6.07) is 13.6. The maximum Gasteiger partial charge on any atom is 0.130 e. The lowest BCUT2D eigenvalue weighted by Crippen LogP contribution is -1.94. The Balaban J connectivity index is 1.76. The topological polar surface area (TPSA) is 48.7 Å². The Kier molecular flexibility index (Phi) is 2.70. The van der Waals surface area contributed by atoms with Gasteiger partial charge in [0.05, 0.1) is 11.6 Å². The van der Waals surface area contributed by atoms with Gasteiger partial charge >= 0.3 is 0 Å². The third-order valence-corrected chi connectivity index (χ3v) is 3.10. The second-order valence-electron chi connectivity index (χ2n) is 4.57. The number of aromatic nitrogens is 1. The van der Waals surface area contributed by atoms with Gasteiger partial charge in [-0.25, -0.2) is 4.98 Å². The van der Waals surface area contributed by atoms with Gasteiger partial charge in [-0.1, -0.05) is 12.1 Å². The van der Waals surface area contributed by atoms with Gasteiger partial charge in [0, 0.05) is 11.9 Å². The average Bonchev–Trinajstić information content (AvgIpc) is 3.24. The molecule has 18 heavy (non-hydrogen) atoms. The predicted octanol–water partition coefficient (Wildman–Crippen LogP) is 3.57. The van der Waals surface area contributed by atoms with E-state index in [-0.39, 0.29) is 0 Å². The van der Waals surface area contributed by atoms with Crippen molar-refractivity contribution in [2.75, 3.05) is 5.32 Å². The maximum absolute atomic E-state index is 8.84. The molecule has 0 unspecified atom stereocenters. The largest absolute Gasteiger partial charge is 0.340 e. The van der Waals surface area contributed by atoms with E-state index in [4.69, 9.17) is 5.26 Å². The highest BCUT2D eigenvalue weighted by Crippen LogP contribution is 2.39. The van der Waals surface area contributed by atoms with E-state index >= 15 is 0 Å². The van der Waals surface area contributed by atoms with E-state index < -0.39 is 0 Å². The number of hydrogen-bond acceptors (Lipinski definition) is 3. The lowest BCUT2D eigenvalue weighted by molar-refractivity contribution is 1.09. The first-order chi connectivity index (χ1) is 8.85. The molecule has 1 heterocycles. The van der Waals surface area contributed by atoms with Crippen molar-refractivity contribution in [1.29, 1.82) is 5.26 Å². The molecule has 3 heteroatoms. The summed E-state index contributed by atoms with van der Waals surface area (Å²) < 4.78 is 0. The van der Waals surface area contributed by atoms with Crippen LogP contribution in [0.2, 0.25) is 0 Å². The summed E-state index contributed by atoms with van der Waals surface area (Å²) in [5.74, 6) is 1.54. The number of nitrogens with one attached hydrogen (secondary N) is 1. The van der Waals surface area contributed by atoms with Crippen molar-refractivity contribution in [2.24, 2.45) is 0 Å². The van der Waals surface area contributed by atoms with Crippen LogP contribution in [0, 0.1) is 11.3 Å². The van der Waals surface area contributed by atoms with Crippen molar-refractivity contribution < 1.29 is 0 Å². The second kappa shape index (κ2) is 4.50. The maximum atomic E-state index is 8.84. The lowest BCUT2D eigenvalue weighted by Gasteiger charge is -2.06. The molecule has 1 aromatic heterocycles. The molecule has 1 aliphatic rings. The Morgan fingerprint density at radius 1 is 1.22 bits per heavy atom. The predicted molar refractivity (Wildman–Crippen MR) is 70.7 cm³/mol. The molecule has 0 radical (unpaired) electrons. The molecule has 1 aliphatic carbocycles. The van der Waals surface area contributed by atoms with Gasteiger partial charge in [-0.05, 0) is 48.6 Å². The van der Waals surface area contributed by atoms with E-state index in [0.29, 0.717) is 5.56 Å². The zero-order chi connectivity index (χ0) is 12.4. The van der Waals surface area contributed by atoms with Gasteiger partial charge < -0.3 is 5.32 Å². The quantitative estimate of drug-likeness (QED) is 0.884. The molecule has 3 rings (SSSR count). The Hall–Kier alpha value is -2.34. The Bertz CT molecular complexity index is 592. The molecule has 0 spiro atoms. The van der Waals surface area contributed by atoms with Crippen LogP contribution < -0.4 is 5.32 Å². The van der Waals surface area contributed by atoms with Crippen LogP contribution in [0.3, 0.4) is 0 Å². The molecule has 1 saturated carbocycles. The van der Waals surface area contributed by atoms with Crippen molar-refractivity contribution in [2.45, 2.75) is 18.8 Å². The number of rotatable bonds is 3. The molecule has 3 nitrogen and oxygen atoms in total. The van der Waals surface area contributed by atoms with Crippen molar-refractivity contribution in [3.8, 4) is 6.07 Å². The fraction of sp³-hybridized carbons (Fsp3) is 0.200. The lowest BCUT2D eigenvalue weighted by atomic mass is 10.2. The third-order valence-electron chi connectivity index (χ3n) is 3.10. The van der Waals surface area contributed by atoms with Gasteiger partial charge in [-0.15, -0.1) is 0 Å². The zero-order valence-electron chi connectivity index (χ0n) is 9.93. The minimum absolute atomic E-state index is 0.648. The van der Waals surface area contributed by atoms with Crippen LogP contribution in [0.15, 0.2) is 42.6 Å². The number of benzene rings is 1. The van der Waals surface area contributed by atoms with E-state index in [9.17, 15) is 0 Å². The molecule has 0 bridgehead atoms. The number of hydrogen-bond donors (Lipinski definition) is 1. The van der Waals surface area contributed by atoms with Crippen molar-refractivity contribution in [1.82, 2.24) is 4.98 Å². The fourth-order valence-electron chi connectivity index (χ4n) is 1.95. The normalized spacial score (nSPS) is 13.9. The van der Waals surface area contributed by atoms with E-state index in [1.165, 1.54) is 18.4 Å². The standard InChI is InChI=1S/C15H13N3/c16-9-11-2-1-3-14(8-11)18-15-7-6-13(10-17-15)12-4-5-12/h1-3,6-8,10,12H,4-5H2,(H,17,18). The minimum Gasteiger partial charge on any atom is -0.340 e.